The SMILES string of the molecule is [2H][C@@](Nc1cc(Cl)c2ncc(C#N)c(N[C@H](CCC#N)c3ccccc3)c2c1)(C1=CN(C2CC2)NN1)c1cccnc1F. The van der Waals surface area contributed by atoms with Gasteiger partial charge in [-0.05, 0) is 43.0 Å². The zero-order chi connectivity index (χ0) is 30.0. The Morgan fingerprint density at radius 3 is 2.71 bits per heavy atom. The summed E-state index contributed by atoms with van der Waals surface area (Å²) in [5, 5.41) is 28.7. The van der Waals surface area contributed by atoms with E-state index in [0.717, 1.165) is 18.4 Å². The van der Waals surface area contributed by atoms with Gasteiger partial charge in [-0.25, -0.2) is 4.98 Å². The molecule has 2 aromatic heterocycles. The van der Waals surface area contributed by atoms with Gasteiger partial charge in [0.1, 0.15) is 6.07 Å². The molecule has 2 aliphatic rings. The summed E-state index contributed by atoms with van der Waals surface area (Å²) >= 11 is 6.75. The van der Waals surface area contributed by atoms with E-state index in [0.29, 0.717) is 52.4 Å². The normalized spacial score (nSPS) is 16.8. The van der Waals surface area contributed by atoms with Gasteiger partial charge in [-0.2, -0.15) is 14.9 Å². The lowest BCUT2D eigenvalue weighted by Crippen LogP contribution is -2.38. The van der Waals surface area contributed by atoms with E-state index in [1.807, 2.05) is 35.3 Å². The molecule has 0 saturated heterocycles. The number of hydrogen-bond donors (Lipinski definition) is 4. The molecule has 0 amide bonds. The van der Waals surface area contributed by atoms with Crippen molar-refractivity contribution in [3.8, 4) is 12.1 Å². The molecule has 1 saturated carbocycles. The molecule has 9 nitrogen and oxygen atoms in total. The number of hydrogen-bond acceptors (Lipinski definition) is 9. The first-order valence-corrected chi connectivity index (χ1v) is 13.9. The second kappa shape index (κ2) is 11.9. The molecule has 42 heavy (non-hydrogen) atoms. The Kier molecular flexibility index (Phi) is 7.38. The van der Waals surface area contributed by atoms with E-state index in [1.54, 1.807) is 24.4 Å². The van der Waals surface area contributed by atoms with E-state index < -0.39 is 12.0 Å². The maximum absolute atomic E-state index is 15.1. The standard InChI is InChI=1S/C31H27ClFN9/c32-25-15-21(38-30(23-8-5-13-36-31(23)33)27-18-42(41-40-27)22-10-11-22)14-24-28(20(16-35)17-37-29(24)25)39-26(9-4-12-34)19-6-2-1-3-7-19/h1-3,5-8,13-15,17-18,22,26,30,38,40-41H,4,9-11H2,(H,37,39)/t26-,30+/m1/s1/i30D. The summed E-state index contributed by atoms with van der Waals surface area (Å²) in [5.41, 5.74) is 9.04. The number of hydrazine groups is 2. The molecule has 11 heteroatoms. The van der Waals surface area contributed by atoms with Gasteiger partial charge in [-0.1, -0.05) is 48.0 Å². The van der Waals surface area contributed by atoms with Crippen LogP contribution in [-0.4, -0.2) is 21.0 Å². The van der Waals surface area contributed by atoms with E-state index >= 15 is 4.39 Å². The van der Waals surface area contributed by atoms with Crippen molar-refractivity contribution in [2.24, 2.45) is 0 Å². The van der Waals surface area contributed by atoms with Crippen LogP contribution < -0.4 is 21.6 Å². The fraction of sp³-hybridized carbons (Fsp3) is 0.226. The molecule has 6 rings (SSSR count). The van der Waals surface area contributed by atoms with Crippen LogP contribution in [0.1, 0.15) is 55.8 Å². The summed E-state index contributed by atoms with van der Waals surface area (Å²) in [7, 11) is 0. The zero-order valence-corrected chi connectivity index (χ0v) is 23.2. The molecule has 0 radical (unpaired) electrons. The summed E-state index contributed by atoms with van der Waals surface area (Å²) in [5.74, 6) is -0.788. The van der Waals surface area contributed by atoms with Gasteiger partial charge in [0.15, 0.2) is 0 Å². The van der Waals surface area contributed by atoms with Gasteiger partial charge in [-0.3, -0.25) is 9.99 Å². The number of nitriles is 2. The predicted octanol–water partition coefficient (Wildman–Crippen LogP) is 6.23. The molecule has 1 fully saturated rings. The molecule has 4 aromatic rings. The van der Waals surface area contributed by atoms with Crippen LogP contribution in [0.5, 0.6) is 0 Å². The number of rotatable bonds is 10. The first kappa shape index (κ1) is 26.0. The minimum Gasteiger partial charge on any atom is -0.377 e. The highest BCUT2D eigenvalue weighted by Gasteiger charge is 2.33. The molecular formula is C31H27ClFN9. The summed E-state index contributed by atoms with van der Waals surface area (Å²) in [6.07, 6.45) is 7.38. The van der Waals surface area contributed by atoms with E-state index in [1.165, 1.54) is 18.5 Å². The predicted molar refractivity (Wildman–Crippen MR) is 159 cm³/mol. The summed E-state index contributed by atoms with van der Waals surface area (Å²) in [6, 6.07) is 18.7. The summed E-state index contributed by atoms with van der Waals surface area (Å²) in [4.78, 5) is 8.24. The Balaban J connectivity index is 1.45. The number of anilines is 2. The largest absolute Gasteiger partial charge is 0.377 e. The van der Waals surface area contributed by atoms with Crippen molar-refractivity contribution >= 4 is 33.9 Å². The van der Waals surface area contributed by atoms with E-state index in [9.17, 15) is 11.9 Å². The third-order valence-corrected chi connectivity index (χ3v) is 7.49. The first-order valence-electron chi connectivity index (χ1n) is 14.0. The van der Waals surface area contributed by atoms with Gasteiger partial charge in [-0.15, -0.1) is 5.53 Å². The van der Waals surface area contributed by atoms with Crippen molar-refractivity contribution < 1.29 is 5.76 Å². The minimum atomic E-state index is -1.83. The molecule has 0 unspecified atom stereocenters. The molecule has 2 aromatic carbocycles. The first-order chi connectivity index (χ1) is 20.9. The maximum atomic E-state index is 15.1. The van der Waals surface area contributed by atoms with Crippen LogP contribution in [0.3, 0.4) is 0 Å². The van der Waals surface area contributed by atoms with Crippen LogP contribution in [0.2, 0.25) is 5.02 Å². The van der Waals surface area contributed by atoms with Gasteiger partial charge in [0.25, 0.3) is 0 Å². The van der Waals surface area contributed by atoms with Crippen molar-refractivity contribution in [3.05, 3.63) is 107 Å². The molecule has 0 bridgehead atoms. The Hall–Kier alpha value is -4.90. The van der Waals surface area contributed by atoms with Gasteiger partial charge in [0, 0.05) is 47.7 Å². The Morgan fingerprint density at radius 1 is 1.14 bits per heavy atom. The smallest absolute Gasteiger partial charge is 0.218 e. The van der Waals surface area contributed by atoms with Crippen molar-refractivity contribution in [1.29, 1.82) is 10.5 Å². The third kappa shape index (κ3) is 5.64. The number of nitrogens with zero attached hydrogens (tertiary/aromatic N) is 5. The Labute approximate surface area is 249 Å². The highest BCUT2D eigenvalue weighted by atomic mass is 35.5. The van der Waals surface area contributed by atoms with Crippen molar-refractivity contribution in [2.45, 2.75) is 43.8 Å². The average molecular weight is 581 g/mol. The van der Waals surface area contributed by atoms with Crippen LogP contribution in [0.15, 0.2) is 78.9 Å². The maximum Gasteiger partial charge on any atom is 0.218 e. The molecule has 210 valence electrons. The average Bonchev–Trinajstić information content (AvgIpc) is 3.75. The molecule has 1 aliphatic heterocycles. The van der Waals surface area contributed by atoms with Crippen molar-refractivity contribution in [1.82, 2.24) is 25.9 Å². The minimum absolute atomic E-state index is 0.00677. The van der Waals surface area contributed by atoms with E-state index in [-0.39, 0.29) is 16.6 Å². The highest BCUT2D eigenvalue weighted by Crippen LogP contribution is 2.38. The van der Waals surface area contributed by atoms with Crippen LogP contribution in [0.25, 0.3) is 10.9 Å². The fourth-order valence-corrected chi connectivity index (χ4v) is 5.23. The monoisotopic (exact) mass is 580 g/mol. The van der Waals surface area contributed by atoms with Crippen LogP contribution in [0.4, 0.5) is 15.8 Å². The number of nitrogens with one attached hydrogen (secondary N) is 4. The molecule has 1 aliphatic carbocycles. The van der Waals surface area contributed by atoms with E-state index in [4.69, 9.17) is 11.6 Å². The third-order valence-electron chi connectivity index (χ3n) is 7.21. The molecular weight excluding hydrogens is 553 g/mol. The molecule has 0 spiro atoms. The summed E-state index contributed by atoms with van der Waals surface area (Å²) < 4.78 is 24.7. The second-order valence-corrected chi connectivity index (χ2v) is 10.5. The zero-order valence-electron chi connectivity index (χ0n) is 23.4. The number of pyridine rings is 2. The topological polar surface area (TPSA) is 125 Å². The van der Waals surface area contributed by atoms with E-state index in [2.05, 4.69) is 43.7 Å². The Morgan fingerprint density at radius 2 is 1.98 bits per heavy atom. The Bertz CT molecular complexity index is 1780. The molecule has 4 N–H and O–H groups in total. The lowest BCUT2D eigenvalue weighted by Gasteiger charge is -2.24. The number of aromatic nitrogens is 2. The van der Waals surface area contributed by atoms with Crippen LogP contribution in [0, 0.1) is 28.6 Å². The number of fused-ring (bicyclic) bond motifs is 1. The van der Waals surface area contributed by atoms with Gasteiger partial charge in [0.2, 0.25) is 5.95 Å². The lowest BCUT2D eigenvalue weighted by molar-refractivity contribution is 0.260. The lowest BCUT2D eigenvalue weighted by atomic mass is 10.00. The number of benzene rings is 2. The van der Waals surface area contributed by atoms with Gasteiger partial charge < -0.3 is 16.1 Å². The highest BCUT2D eigenvalue weighted by molar-refractivity contribution is 6.35. The van der Waals surface area contributed by atoms with Crippen LogP contribution in [-0.2, 0) is 0 Å². The number of halogens is 2. The quantitative estimate of drug-likeness (QED) is 0.161. The van der Waals surface area contributed by atoms with Gasteiger partial charge in [0.05, 0.1) is 47.0 Å². The van der Waals surface area contributed by atoms with Crippen molar-refractivity contribution in [3.63, 3.8) is 0 Å². The van der Waals surface area contributed by atoms with Crippen molar-refractivity contribution in [2.75, 3.05) is 10.6 Å². The van der Waals surface area contributed by atoms with Crippen LogP contribution >= 0.6 is 11.6 Å². The fourth-order valence-electron chi connectivity index (χ4n) is 4.96. The molecule has 3 heterocycles. The summed E-state index contributed by atoms with van der Waals surface area (Å²) in [6.45, 7) is 0. The van der Waals surface area contributed by atoms with Gasteiger partial charge >= 0.3 is 0 Å². The molecule has 2 atom stereocenters. The second-order valence-electron chi connectivity index (χ2n) is 10.1.